The minimum absolute atomic E-state index is 0.119. The summed E-state index contributed by atoms with van der Waals surface area (Å²) in [5, 5.41) is 1.05. The van der Waals surface area contributed by atoms with E-state index in [4.69, 9.17) is 0 Å². The predicted octanol–water partition coefficient (Wildman–Crippen LogP) is 4.04. The normalized spacial score (nSPS) is 13.4. The SMILES string of the molecule is CN(CCc1ccccn1)C(=O)c1c(-n2cccc2)sc2c1CCSC2. The number of hydrogen-bond donors (Lipinski definition) is 0. The van der Waals surface area contributed by atoms with Crippen molar-refractivity contribution >= 4 is 29.0 Å². The van der Waals surface area contributed by atoms with Crippen molar-refractivity contribution in [3.8, 4) is 5.00 Å². The lowest BCUT2D eigenvalue weighted by Crippen LogP contribution is -2.30. The van der Waals surface area contributed by atoms with Gasteiger partial charge in [0, 0.05) is 54.9 Å². The van der Waals surface area contributed by atoms with Gasteiger partial charge in [0.25, 0.3) is 5.91 Å². The quantitative estimate of drug-likeness (QED) is 0.667. The lowest BCUT2D eigenvalue weighted by molar-refractivity contribution is 0.0796. The Bertz CT molecular complexity index is 887. The molecule has 0 unspecified atom stereocenters. The molecule has 0 aliphatic carbocycles. The van der Waals surface area contributed by atoms with Gasteiger partial charge in [-0.25, -0.2) is 0 Å². The number of thiophene rings is 1. The van der Waals surface area contributed by atoms with Crippen LogP contribution in [0.3, 0.4) is 0 Å². The first-order chi connectivity index (χ1) is 12.7. The second kappa shape index (κ2) is 7.68. The molecule has 4 heterocycles. The van der Waals surface area contributed by atoms with E-state index in [0.717, 1.165) is 40.6 Å². The molecule has 0 atom stereocenters. The Morgan fingerprint density at radius 3 is 2.88 bits per heavy atom. The van der Waals surface area contributed by atoms with Crippen molar-refractivity contribution in [1.29, 1.82) is 0 Å². The predicted molar refractivity (Wildman–Crippen MR) is 108 cm³/mol. The van der Waals surface area contributed by atoms with Crippen molar-refractivity contribution < 1.29 is 4.79 Å². The summed E-state index contributed by atoms with van der Waals surface area (Å²) in [5.74, 6) is 2.22. The van der Waals surface area contributed by atoms with E-state index in [1.165, 1.54) is 10.4 Å². The Morgan fingerprint density at radius 1 is 1.27 bits per heavy atom. The molecule has 1 aliphatic heterocycles. The molecule has 1 aliphatic rings. The Hall–Kier alpha value is -2.05. The number of thioether (sulfide) groups is 1. The summed E-state index contributed by atoms with van der Waals surface area (Å²) < 4.78 is 2.08. The smallest absolute Gasteiger partial charge is 0.256 e. The lowest BCUT2D eigenvalue weighted by Gasteiger charge is -2.20. The Kier molecular flexibility index (Phi) is 5.13. The van der Waals surface area contributed by atoms with Crippen LogP contribution in [0.2, 0.25) is 0 Å². The van der Waals surface area contributed by atoms with Crippen LogP contribution in [0.5, 0.6) is 0 Å². The molecule has 0 aromatic carbocycles. The minimum Gasteiger partial charge on any atom is -0.341 e. The van der Waals surface area contributed by atoms with Crippen LogP contribution in [0.4, 0.5) is 0 Å². The third-order valence-corrected chi connectivity index (χ3v) is 7.04. The van der Waals surface area contributed by atoms with Gasteiger partial charge in [-0.3, -0.25) is 9.78 Å². The van der Waals surface area contributed by atoms with E-state index in [2.05, 4.69) is 9.55 Å². The molecule has 3 aromatic heterocycles. The monoisotopic (exact) mass is 383 g/mol. The fourth-order valence-corrected chi connectivity index (χ4v) is 5.65. The van der Waals surface area contributed by atoms with Gasteiger partial charge in [-0.1, -0.05) is 6.07 Å². The zero-order valence-electron chi connectivity index (χ0n) is 14.7. The van der Waals surface area contributed by atoms with Crippen molar-refractivity contribution in [2.75, 3.05) is 19.3 Å². The van der Waals surface area contributed by atoms with Gasteiger partial charge < -0.3 is 9.47 Å². The van der Waals surface area contributed by atoms with E-state index in [1.54, 1.807) is 17.5 Å². The number of aromatic nitrogens is 2. The van der Waals surface area contributed by atoms with Crippen molar-refractivity contribution in [2.45, 2.75) is 18.6 Å². The van der Waals surface area contributed by atoms with Crippen LogP contribution in [-0.4, -0.2) is 39.7 Å². The standard InChI is InChI=1S/C20H21N3OS2/c1-22(12-7-15-6-2-3-9-21-15)19(24)18-16-8-13-25-14-17(16)26-20(18)23-10-4-5-11-23/h2-6,9-11H,7-8,12-14H2,1H3. The molecule has 3 aromatic rings. The van der Waals surface area contributed by atoms with Crippen molar-refractivity contribution in [3.05, 3.63) is 70.6 Å². The maximum atomic E-state index is 13.3. The summed E-state index contributed by atoms with van der Waals surface area (Å²) in [6.45, 7) is 0.667. The molecule has 0 bridgehead atoms. The van der Waals surface area contributed by atoms with Gasteiger partial charge in [0.2, 0.25) is 0 Å². The van der Waals surface area contributed by atoms with Gasteiger partial charge in [-0.05, 0) is 42.0 Å². The zero-order chi connectivity index (χ0) is 17.9. The first-order valence-electron chi connectivity index (χ1n) is 8.75. The van der Waals surface area contributed by atoms with E-state index in [1.807, 2.05) is 66.4 Å². The molecule has 0 N–H and O–H groups in total. The largest absolute Gasteiger partial charge is 0.341 e. The average Bonchev–Trinajstić information content (AvgIpc) is 3.33. The highest BCUT2D eigenvalue weighted by Gasteiger charge is 2.28. The van der Waals surface area contributed by atoms with Crippen LogP contribution in [0, 0.1) is 0 Å². The fraction of sp³-hybridized carbons (Fsp3) is 0.300. The van der Waals surface area contributed by atoms with Crippen LogP contribution in [-0.2, 0) is 18.6 Å². The first-order valence-corrected chi connectivity index (χ1v) is 10.7. The fourth-order valence-electron chi connectivity index (χ4n) is 3.21. The number of rotatable bonds is 5. The van der Waals surface area contributed by atoms with Crippen molar-refractivity contribution in [2.24, 2.45) is 0 Å². The summed E-state index contributed by atoms with van der Waals surface area (Å²) in [6, 6.07) is 9.92. The molecular weight excluding hydrogens is 362 g/mol. The maximum Gasteiger partial charge on any atom is 0.256 e. The van der Waals surface area contributed by atoms with Gasteiger partial charge in [0.15, 0.2) is 0 Å². The minimum atomic E-state index is 0.119. The van der Waals surface area contributed by atoms with Crippen LogP contribution in [0.15, 0.2) is 48.9 Å². The molecule has 4 nitrogen and oxygen atoms in total. The van der Waals surface area contributed by atoms with Crippen LogP contribution in [0.1, 0.15) is 26.5 Å². The molecule has 0 spiro atoms. The van der Waals surface area contributed by atoms with E-state index in [9.17, 15) is 4.79 Å². The number of pyridine rings is 1. The van der Waals surface area contributed by atoms with Gasteiger partial charge >= 0.3 is 0 Å². The van der Waals surface area contributed by atoms with Crippen molar-refractivity contribution in [3.63, 3.8) is 0 Å². The van der Waals surface area contributed by atoms with Crippen LogP contribution in [0.25, 0.3) is 5.00 Å². The van der Waals surface area contributed by atoms with E-state index in [-0.39, 0.29) is 5.91 Å². The molecule has 0 saturated carbocycles. The number of carbonyl (C=O) groups is 1. The number of likely N-dealkylation sites (N-methyl/N-ethyl adjacent to an activating group) is 1. The average molecular weight is 384 g/mol. The number of amides is 1. The lowest BCUT2D eigenvalue weighted by atomic mass is 10.1. The summed E-state index contributed by atoms with van der Waals surface area (Å²) in [4.78, 5) is 20.9. The molecule has 0 radical (unpaired) electrons. The van der Waals surface area contributed by atoms with E-state index >= 15 is 0 Å². The van der Waals surface area contributed by atoms with E-state index in [0.29, 0.717) is 6.54 Å². The third-order valence-electron chi connectivity index (χ3n) is 4.63. The van der Waals surface area contributed by atoms with Crippen LogP contribution < -0.4 is 0 Å². The number of nitrogens with zero attached hydrogens (tertiary/aromatic N) is 3. The number of fused-ring (bicyclic) bond motifs is 1. The van der Waals surface area contributed by atoms with Gasteiger partial charge in [0.05, 0.1) is 5.56 Å². The molecule has 0 fully saturated rings. The zero-order valence-corrected chi connectivity index (χ0v) is 16.4. The number of carbonyl (C=O) groups excluding carboxylic acids is 1. The molecule has 4 rings (SSSR count). The summed E-state index contributed by atoms with van der Waals surface area (Å²) in [5.41, 5.74) is 3.17. The van der Waals surface area contributed by atoms with Gasteiger partial charge in [-0.2, -0.15) is 11.8 Å². The second-order valence-electron chi connectivity index (χ2n) is 6.37. The van der Waals surface area contributed by atoms with Gasteiger partial charge in [0.1, 0.15) is 5.00 Å². The molecular formula is C20H21N3OS2. The van der Waals surface area contributed by atoms with Gasteiger partial charge in [-0.15, -0.1) is 11.3 Å². The topological polar surface area (TPSA) is 38.1 Å². The summed E-state index contributed by atoms with van der Waals surface area (Å²) in [7, 11) is 1.90. The third kappa shape index (κ3) is 3.44. The van der Waals surface area contributed by atoms with E-state index < -0.39 is 0 Å². The first kappa shape index (κ1) is 17.4. The highest BCUT2D eigenvalue weighted by atomic mass is 32.2. The molecule has 1 amide bonds. The second-order valence-corrected chi connectivity index (χ2v) is 8.56. The van der Waals surface area contributed by atoms with Crippen LogP contribution >= 0.6 is 23.1 Å². The maximum absolute atomic E-state index is 13.3. The molecule has 26 heavy (non-hydrogen) atoms. The summed E-state index contributed by atoms with van der Waals surface area (Å²) >= 11 is 3.71. The molecule has 134 valence electrons. The number of hydrogen-bond acceptors (Lipinski definition) is 4. The Balaban J connectivity index is 1.61. The highest BCUT2D eigenvalue weighted by molar-refractivity contribution is 7.98. The molecule has 0 saturated heterocycles. The highest BCUT2D eigenvalue weighted by Crippen LogP contribution is 2.38. The van der Waals surface area contributed by atoms with Crippen molar-refractivity contribution in [1.82, 2.24) is 14.5 Å². The Morgan fingerprint density at radius 2 is 2.12 bits per heavy atom. The summed E-state index contributed by atoms with van der Waals surface area (Å²) in [6.07, 6.45) is 7.59. The molecule has 6 heteroatoms. The Labute approximate surface area is 161 Å².